The molecule has 0 aromatic heterocycles. The summed E-state index contributed by atoms with van der Waals surface area (Å²) >= 11 is 5.85. The molecule has 0 aliphatic heterocycles. The highest BCUT2D eigenvalue weighted by Gasteiger charge is 2.31. The molecule has 0 radical (unpaired) electrons. The van der Waals surface area contributed by atoms with E-state index in [4.69, 9.17) is 17.3 Å². The van der Waals surface area contributed by atoms with Crippen molar-refractivity contribution in [3.8, 4) is 5.75 Å². The van der Waals surface area contributed by atoms with E-state index in [1.807, 2.05) is 0 Å². The number of benzene rings is 1. The van der Waals surface area contributed by atoms with E-state index < -0.39 is 11.0 Å². The Kier molecular flexibility index (Phi) is 4.27. The van der Waals surface area contributed by atoms with Crippen molar-refractivity contribution in [1.29, 1.82) is 0 Å². The summed E-state index contributed by atoms with van der Waals surface area (Å²) in [5.74, 6) is -0.0919. The molecule has 0 unspecified atom stereocenters. The van der Waals surface area contributed by atoms with Crippen LogP contribution in [0.15, 0.2) is 12.1 Å². The van der Waals surface area contributed by atoms with Crippen molar-refractivity contribution < 1.29 is 10.0 Å². The Labute approximate surface area is 116 Å². The first kappa shape index (κ1) is 14.1. The first-order valence-electron chi connectivity index (χ1n) is 6.43. The van der Waals surface area contributed by atoms with Gasteiger partial charge in [-0.2, -0.15) is 0 Å². The third kappa shape index (κ3) is 2.82. The van der Waals surface area contributed by atoms with Gasteiger partial charge < -0.3 is 10.8 Å². The van der Waals surface area contributed by atoms with Gasteiger partial charge in [0.05, 0.1) is 15.5 Å². The maximum atomic E-state index is 11.1. The lowest BCUT2D eigenvalue weighted by molar-refractivity contribution is -0.385. The Hall–Kier alpha value is -1.33. The lowest BCUT2D eigenvalue weighted by Crippen LogP contribution is -2.24. The van der Waals surface area contributed by atoms with Crippen LogP contribution in [0.1, 0.15) is 43.7 Å². The number of halogens is 1. The number of hydrogen-bond donors (Lipinski definition) is 2. The molecule has 1 saturated carbocycles. The Bertz CT molecular complexity index is 487. The zero-order valence-electron chi connectivity index (χ0n) is 10.5. The van der Waals surface area contributed by atoms with Crippen molar-refractivity contribution in [3.05, 3.63) is 32.8 Å². The Morgan fingerprint density at radius 3 is 2.58 bits per heavy atom. The largest absolute Gasteiger partial charge is 0.506 e. The zero-order valence-corrected chi connectivity index (χ0v) is 11.3. The van der Waals surface area contributed by atoms with Crippen LogP contribution in [0.25, 0.3) is 0 Å². The smallest absolute Gasteiger partial charge is 0.278 e. The number of rotatable bonds is 3. The molecule has 3 N–H and O–H groups in total. The number of phenols is 1. The molecule has 2 rings (SSSR count). The molecular weight excluding hydrogens is 268 g/mol. The van der Waals surface area contributed by atoms with Gasteiger partial charge in [-0.25, -0.2) is 0 Å². The third-order valence-electron chi connectivity index (χ3n) is 3.83. The Balaban J connectivity index is 2.41. The van der Waals surface area contributed by atoms with Crippen molar-refractivity contribution in [1.82, 2.24) is 0 Å². The molecule has 0 saturated heterocycles. The number of nitrogens with two attached hydrogens (primary N) is 1. The molecule has 1 aromatic rings. The zero-order chi connectivity index (χ0) is 14.0. The van der Waals surface area contributed by atoms with E-state index in [-0.39, 0.29) is 27.9 Å². The molecule has 0 bridgehead atoms. The summed E-state index contributed by atoms with van der Waals surface area (Å²) in [5.41, 5.74) is 6.17. The van der Waals surface area contributed by atoms with Gasteiger partial charge in [0.25, 0.3) is 5.69 Å². The number of aromatic hydroxyl groups is 1. The van der Waals surface area contributed by atoms with Gasteiger partial charge in [-0.1, -0.05) is 30.9 Å². The summed E-state index contributed by atoms with van der Waals surface area (Å²) < 4.78 is 0. The fourth-order valence-electron chi connectivity index (χ4n) is 2.79. The lowest BCUT2D eigenvalue weighted by Gasteiger charge is -2.28. The van der Waals surface area contributed by atoms with Crippen LogP contribution in [0.4, 0.5) is 5.69 Å². The van der Waals surface area contributed by atoms with Crippen LogP contribution < -0.4 is 5.73 Å². The molecule has 104 valence electrons. The first-order chi connectivity index (χ1) is 9.02. The van der Waals surface area contributed by atoms with E-state index in [2.05, 4.69) is 0 Å². The van der Waals surface area contributed by atoms with Crippen LogP contribution in [0, 0.1) is 16.0 Å². The predicted octanol–water partition coefficient (Wildman–Crippen LogP) is 3.53. The molecular formula is C13H17ClN2O3. The fraction of sp³-hybridized carbons (Fsp3) is 0.538. The number of nitro groups is 1. The minimum atomic E-state index is -0.542. The summed E-state index contributed by atoms with van der Waals surface area (Å²) in [6.45, 7) is 0. The second-order valence-corrected chi connectivity index (χ2v) is 5.42. The highest BCUT2D eigenvalue weighted by Crippen LogP contribution is 2.43. The van der Waals surface area contributed by atoms with Crippen molar-refractivity contribution in [2.45, 2.75) is 38.1 Å². The second kappa shape index (κ2) is 5.75. The van der Waals surface area contributed by atoms with E-state index in [0.29, 0.717) is 0 Å². The van der Waals surface area contributed by atoms with Gasteiger partial charge in [-0.15, -0.1) is 0 Å². The SMILES string of the molecule is N[C@@H](c1c([N+](=O)[O-])ccc(Cl)c1O)C1CCCCC1. The molecule has 6 heteroatoms. The van der Waals surface area contributed by atoms with Crippen LogP contribution in [0.3, 0.4) is 0 Å². The molecule has 1 aliphatic rings. The summed E-state index contributed by atoms with van der Waals surface area (Å²) in [6.07, 6.45) is 5.20. The van der Waals surface area contributed by atoms with Crippen LogP contribution in [0.5, 0.6) is 5.75 Å². The average Bonchev–Trinajstić information content (AvgIpc) is 2.41. The maximum absolute atomic E-state index is 11.1. The monoisotopic (exact) mass is 284 g/mol. The number of nitro benzene ring substituents is 1. The summed E-state index contributed by atoms with van der Waals surface area (Å²) in [7, 11) is 0. The van der Waals surface area contributed by atoms with Gasteiger partial charge >= 0.3 is 0 Å². The number of phenolic OH excluding ortho intramolecular Hbond substituents is 1. The van der Waals surface area contributed by atoms with Gasteiger partial charge in [-0.05, 0) is 24.8 Å². The van der Waals surface area contributed by atoms with Crippen LogP contribution >= 0.6 is 11.6 Å². The highest BCUT2D eigenvalue weighted by atomic mass is 35.5. The van der Waals surface area contributed by atoms with E-state index >= 15 is 0 Å². The minimum Gasteiger partial charge on any atom is -0.506 e. The van der Waals surface area contributed by atoms with E-state index in [1.165, 1.54) is 18.6 Å². The van der Waals surface area contributed by atoms with Crippen LogP contribution in [0.2, 0.25) is 5.02 Å². The van der Waals surface area contributed by atoms with Crippen LogP contribution in [-0.2, 0) is 0 Å². The van der Waals surface area contributed by atoms with Crippen molar-refractivity contribution in [3.63, 3.8) is 0 Å². The van der Waals surface area contributed by atoms with Gasteiger partial charge in [0, 0.05) is 12.1 Å². The van der Waals surface area contributed by atoms with Crippen molar-refractivity contribution >= 4 is 17.3 Å². The van der Waals surface area contributed by atoms with Gasteiger partial charge in [0.2, 0.25) is 0 Å². The van der Waals surface area contributed by atoms with Crippen molar-refractivity contribution in [2.75, 3.05) is 0 Å². The lowest BCUT2D eigenvalue weighted by atomic mass is 9.81. The van der Waals surface area contributed by atoms with E-state index in [0.717, 1.165) is 25.7 Å². The Morgan fingerprint density at radius 1 is 1.37 bits per heavy atom. The van der Waals surface area contributed by atoms with E-state index in [9.17, 15) is 15.2 Å². The normalized spacial score (nSPS) is 18.2. The predicted molar refractivity (Wildman–Crippen MR) is 73.3 cm³/mol. The number of nitrogens with zero attached hydrogens (tertiary/aromatic N) is 1. The molecule has 0 spiro atoms. The second-order valence-electron chi connectivity index (χ2n) is 5.01. The first-order valence-corrected chi connectivity index (χ1v) is 6.81. The fourth-order valence-corrected chi connectivity index (χ4v) is 2.95. The summed E-state index contributed by atoms with van der Waals surface area (Å²) in [5, 5.41) is 21.2. The molecule has 0 amide bonds. The molecule has 1 aromatic carbocycles. The van der Waals surface area contributed by atoms with Crippen molar-refractivity contribution in [2.24, 2.45) is 11.7 Å². The molecule has 5 nitrogen and oxygen atoms in total. The van der Waals surface area contributed by atoms with Gasteiger partial charge in [0.15, 0.2) is 0 Å². The topological polar surface area (TPSA) is 89.4 Å². The molecule has 0 heterocycles. The van der Waals surface area contributed by atoms with E-state index in [1.54, 1.807) is 0 Å². The van der Waals surface area contributed by atoms with Gasteiger partial charge in [0.1, 0.15) is 5.75 Å². The maximum Gasteiger partial charge on any atom is 0.278 e. The standard InChI is InChI=1S/C13H17ClN2O3/c14-9-6-7-10(16(18)19)11(13(9)17)12(15)8-4-2-1-3-5-8/h6-8,12,17H,1-5,15H2/t12-/m1/s1. The average molecular weight is 285 g/mol. The van der Waals surface area contributed by atoms with Gasteiger partial charge in [-0.3, -0.25) is 10.1 Å². The molecule has 1 atom stereocenters. The molecule has 1 aliphatic carbocycles. The quantitative estimate of drug-likeness (QED) is 0.656. The minimum absolute atomic E-state index is 0.104. The number of hydrogen-bond acceptors (Lipinski definition) is 4. The highest BCUT2D eigenvalue weighted by molar-refractivity contribution is 6.32. The summed E-state index contributed by atoms with van der Waals surface area (Å²) in [4.78, 5) is 10.5. The van der Waals surface area contributed by atoms with Crippen LogP contribution in [-0.4, -0.2) is 10.0 Å². The molecule has 19 heavy (non-hydrogen) atoms. The Morgan fingerprint density at radius 2 is 2.00 bits per heavy atom. The third-order valence-corrected chi connectivity index (χ3v) is 4.14. The summed E-state index contributed by atoms with van der Waals surface area (Å²) in [6, 6.07) is 2.09. The molecule has 1 fully saturated rings.